The minimum absolute atomic E-state index is 0.129. The smallest absolute Gasteiger partial charge is 0.115 e. The van der Waals surface area contributed by atoms with Crippen LogP contribution in [0.25, 0.3) is 0 Å². The van der Waals surface area contributed by atoms with Crippen LogP contribution in [0.4, 0.5) is 0 Å². The Hall–Kier alpha value is -1.06. The van der Waals surface area contributed by atoms with Crippen molar-refractivity contribution in [1.82, 2.24) is 5.32 Å². The topological polar surface area (TPSA) is 52.5 Å². The zero-order chi connectivity index (χ0) is 12.8. The maximum Gasteiger partial charge on any atom is 0.115 e. The predicted molar refractivity (Wildman–Crippen MR) is 70.0 cm³/mol. The Kier molecular flexibility index (Phi) is 5.45. The molecule has 3 heteroatoms. The molecule has 1 aromatic carbocycles. The van der Waals surface area contributed by atoms with Crippen LogP contribution in [0.5, 0.6) is 5.75 Å². The van der Waals surface area contributed by atoms with E-state index in [4.69, 9.17) is 0 Å². The van der Waals surface area contributed by atoms with Crippen LogP contribution >= 0.6 is 0 Å². The summed E-state index contributed by atoms with van der Waals surface area (Å²) < 4.78 is 0. The third-order valence-electron chi connectivity index (χ3n) is 2.77. The molecule has 3 N–H and O–H groups in total. The van der Waals surface area contributed by atoms with Gasteiger partial charge in [0.2, 0.25) is 0 Å². The summed E-state index contributed by atoms with van der Waals surface area (Å²) >= 11 is 0. The second kappa shape index (κ2) is 6.62. The van der Waals surface area contributed by atoms with E-state index in [1.54, 1.807) is 12.1 Å². The fraction of sp³-hybridized carbons (Fsp3) is 0.571. The summed E-state index contributed by atoms with van der Waals surface area (Å²) in [5.74, 6) is 0.779. The lowest BCUT2D eigenvalue weighted by Gasteiger charge is -2.18. The maximum atomic E-state index is 9.76. The van der Waals surface area contributed by atoms with E-state index in [1.807, 2.05) is 19.1 Å². The van der Waals surface area contributed by atoms with E-state index >= 15 is 0 Å². The SMILES string of the molecule is CC(C)CC(O)CNC(C)c1cccc(O)c1. The van der Waals surface area contributed by atoms with Gasteiger partial charge in [-0.2, -0.15) is 0 Å². The first-order valence-corrected chi connectivity index (χ1v) is 6.19. The van der Waals surface area contributed by atoms with E-state index in [2.05, 4.69) is 19.2 Å². The molecule has 17 heavy (non-hydrogen) atoms. The standard InChI is InChI=1S/C14H23NO2/c1-10(2)7-14(17)9-15-11(3)12-5-4-6-13(16)8-12/h4-6,8,10-11,14-17H,7,9H2,1-3H3. The summed E-state index contributed by atoms with van der Waals surface area (Å²) in [6.45, 7) is 6.80. The molecule has 2 atom stereocenters. The molecule has 0 saturated carbocycles. The van der Waals surface area contributed by atoms with Gasteiger partial charge in [-0.15, -0.1) is 0 Å². The second-order valence-corrected chi connectivity index (χ2v) is 5.01. The van der Waals surface area contributed by atoms with Gasteiger partial charge >= 0.3 is 0 Å². The average molecular weight is 237 g/mol. The van der Waals surface area contributed by atoms with Crippen molar-refractivity contribution in [2.24, 2.45) is 5.92 Å². The number of phenols is 1. The minimum atomic E-state index is -0.310. The average Bonchev–Trinajstić information content (AvgIpc) is 2.25. The predicted octanol–water partition coefficient (Wildman–Crippen LogP) is 2.45. The summed E-state index contributed by atoms with van der Waals surface area (Å²) in [5.41, 5.74) is 1.03. The van der Waals surface area contributed by atoms with Gasteiger partial charge in [0.1, 0.15) is 5.75 Å². The van der Waals surface area contributed by atoms with Gasteiger partial charge in [-0.25, -0.2) is 0 Å². The van der Waals surface area contributed by atoms with Crippen molar-refractivity contribution in [2.45, 2.75) is 39.3 Å². The number of benzene rings is 1. The van der Waals surface area contributed by atoms with Crippen molar-refractivity contribution in [3.8, 4) is 5.75 Å². The van der Waals surface area contributed by atoms with Gasteiger partial charge in [0, 0.05) is 12.6 Å². The highest BCUT2D eigenvalue weighted by Gasteiger charge is 2.10. The van der Waals surface area contributed by atoms with Gasteiger partial charge in [-0.3, -0.25) is 0 Å². The van der Waals surface area contributed by atoms with Crippen molar-refractivity contribution in [3.05, 3.63) is 29.8 Å². The number of nitrogens with one attached hydrogen (secondary N) is 1. The molecule has 0 aliphatic heterocycles. The number of aromatic hydroxyl groups is 1. The van der Waals surface area contributed by atoms with Crippen LogP contribution in [-0.4, -0.2) is 22.9 Å². The zero-order valence-corrected chi connectivity index (χ0v) is 10.9. The summed E-state index contributed by atoms with van der Waals surface area (Å²) in [5, 5.41) is 22.4. The molecular formula is C14H23NO2. The van der Waals surface area contributed by atoms with Gasteiger partial charge in [0.15, 0.2) is 0 Å². The maximum absolute atomic E-state index is 9.76. The number of rotatable bonds is 6. The highest BCUT2D eigenvalue weighted by atomic mass is 16.3. The molecule has 2 unspecified atom stereocenters. The Bertz CT molecular complexity index is 339. The van der Waals surface area contributed by atoms with E-state index in [1.165, 1.54) is 0 Å². The fourth-order valence-corrected chi connectivity index (χ4v) is 1.85. The van der Waals surface area contributed by atoms with Crippen LogP contribution in [0.2, 0.25) is 0 Å². The first-order chi connectivity index (χ1) is 7.99. The quantitative estimate of drug-likeness (QED) is 0.712. The Morgan fingerprint density at radius 2 is 1.94 bits per heavy atom. The summed E-state index contributed by atoms with van der Waals surface area (Å²) in [7, 11) is 0. The lowest BCUT2D eigenvalue weighted by molar-refractivity contribution is 0.143. The third-order valence-corrected chi connectivity index (χ3v) is 2.77. The van der Waals surface area contributed by atoms with Crippen LogP contribution < -0.4 is 5.32 Å². The highest BCUT2D eigenvalue weighted by molar-refractivity contribution is 5.28. The van der Waals surface area contributed by atoms with Crippen molar-refractivity contribution >= 4 is 0 Å². The lowest BCUT2D eigenvalue weighted by Crippen LogP contribution is -2.29. The van der Waals surface area contributed by atoms with Crippen LogP contribution in [0.3, 0.4) is 0 Å². The molecule has 1 rings (SSSR count). The lowest BCUT2D eigenvalue weighted by atomic mass is 10.0. The van der Waals surface area contributed by atoms with Crippen molar-refractivity contribution in [1.29, 1.82) is 0 Å². The Labute approximate surface area is 103 Å². The van der Waals surface area contributed by atoms with Crippen LogP contribution in [0.15, 0.2) is 24.3 Å². The molecule has 0 spiro atoms. The molecule has 0 bridgehead atoms. The summed E-state index contributed by atoms with van der Waals surface area (Å²) in [4.78, 5) is 0. The first kappa shape index (κ1) is 14.0. The molecule has 0 heterocycles. The van der Waals surface area contributed by atoms with E-state index in [0.717, 1.165) is 12.0 Å². The van der Waals surface area contributed by atoms with Crippen LogP contribution in [0.1, 0.15) is 38.8 Å². The van der Waals surface area contributed by atoms with Crippen molar-refractivity contribution in [2.75, 3.05) is 6.54 Å². The van der Waals surface area contributed by atoms with E-state index < -0.39 is 0 Å². The molecule has 0 fully saturated rings. The van der Waals surface area contributed by atoms with Gasteiger partial charge < -0.3 is 15.5 Å². The summed E-state index contributed by atoms with van der Waals surface area (Å²) in [6, 6.07) is 7.32. The largest absolute Gasteiger partial charge is 0.508 e. The molecule has 0 saturated heterocycles. The molecular weight excluding hydrogens is 214 g/mol. The summed E-state index contributed by atoms with van der Waals surface area (Å²) in [6.07, 6.45) is 0.495. The van der Waals surface area contributed by atoms with Gasteiger partial charge in [0.05, 0.1) is 6.10 Å². The van der Waals surface area contributed by atoms with Crippen LogP contribution in [-0.2, 0) is 0 Å². The number of hydrogen-bond acceptors (Lipinski definition) is 3. The monoisotopic (exact) mass is 237 g/mol. The number of aliphatic hydroxyl groups is 1. The molecule has 0 aliphatic rings. The molecule has 1 aromatic rings. The number of aliphatic hydroxyl groups excluding tert-OH is 1. The highest BCUT2D eigenvalue weighted by Crippen LogP contribution is 2.17. The van der Waals surface area contributed by atoms with Gasteiger partial charge in [-0.05, 0) is 37.0 Å². The van der Waals surface area contributed by atoms with Gasteiger partial charge in [0.25, 0.3) is 0 Å². The second-order valence-electron chi connectivity index (χ2n) is 5.01. The molecule has 3 nitrogen and oxygen atoms in total. The molecule has 0 amide bonds. The fourth-order valence-electron chi connectivity index (χ4n) is 1.85. The van der Waals surface area contributed by atoms with Crippen LogP contribution in [0, 0.1) is 5.92 Å². The van der Waals surface area contributed by atoms with E-state index in [9.17, 15) is 10.2 Å². The molecule has 0 aromatic heterocycles. The zero-order valence-electron chi connectivity index (χ0n) is 10.9. The normalized spacial score (nSPS) is 14.9. The van der Waals surface area contributed by atoms with Gasteiger partial charge in [-0.1, -0.05) is 26.0 Å². The van der Waals surface area contributed by atoms with E-state index in [0.29, 0.717) is 12.5 Å². The van der Waals surface area contributed by atoms with E-state index in [-0.39, 0.29) is 17.9 Å². The van der Waals surface area contributed by atoms with Crippen molar-refractivity contribution in [3.63, 3.8) is 0 Å². The third kappa shape index (κ3) is 5.20. The van der Waals surface area contributed by atoms with Crippen molar-refractivity contribution < 1.29 is 10.2 Å². The number of phenolic OH excluding ortho intramolecular Hbond substituents is 1. The Morgan fingerprint density at radius 1 is 1.24 bits per heavy atom. The Balaban J connectivity index is 2.42. The number of hydrogen-bond donors (Lipinski definition) is 3. The Morgan fingerprint density at radius 3 is 2.53 bits per heavy atom. The molecule has 96 valence electrons. The minimum Gasteiger partial charge on any atom is -0.508 e. The first-order valence-electron chi connectivity index (χ1n) is 6.19. The molecule has 0 radical (unpaired) electrons. The molecule has 0 aliphatic carbocycles.